The first-order chi connectivity index (χ1) is 16.6. The molecule has 174 valence electrons. The fourth-order valence-corrected chi connectivity index (χ4v) is 4.83. The smallest absolute Gasteiger partial charge is 0.261 e. The molecule has 0 spiro atoms. The van der Waals surface area contributed by atoms with E-state index in [0.29, 0.717) is 30.6 Å². The summed E-state index contributed by atoms with van der Waals surface area (Å²) in [6.07, 6.45) is 8.60. The van der Waals surface area contributed by atoms with Gasteiger partial charge in [0, 0.05) is 48.7 Å². The highest BCUT2D eigenvalue weighted by Gasteiger charge is 2.34. The quantitative estimate of drug-likeness (QED) is 0.525. The first-order valence-electron chi connectivity index (χ1n) is 11.8. The molecule has 0 bridgehead atoms. The zero-order valence-electron chi connectivity index (χ0n) is 19.0. The maximum atomic E-state index is 12.4. The van der Waals surface area contributed by atoms with Crippen molar-refractivity contribution in [2.24, 2.45) is 0 Å². The summed E-state index contributed by atoms with van der Waals surface area (Å²) >= 11 is 0. The number of carbonyl (C=O) groups is 3. The Hall–Kier alpha value is -3.81. The monoisotopic (exact) mass is 457 g/mol. The molecule has 0 radical (unpaired) electrons. The molecule has 34 heavy (non-hydrogen) atoms. The van der Waals surface area contributed by atoms with Crippen molar-refractivity contribution in [3.05, 3.63) is 71.2 Å². The molecule has 3 aromatic rings. The molecule has 2 aliphatic rings. The molecule has 0 fully saturated rings. The molecule has 8 nitrogen and oxygen atoms in total. The third kappa shape index (κ3) is 4.23. The molecule has 0 saturated carbocycles. The van der Waals surface area contributed by atoms with E-state index in [1.54, 1.807) is 36.7 Å². The van der Waals surface area contributed by atoms with Crippen LogP contribution in [0.15, 0.2) is 48.8 Å². The number of pyridine rings is 1. The van der Waals surface area contributed by atoms with Crippen molar-refractivity contribution in [1.82, 2.24) is 25.0 Å². The number of hydrogen-bond acceptors (Lipinski definition) is 5. The van der Waals surface area contributed by atoms with E-state index in [0.717, 1.165) is 30.5 Å². The third-order valence-corrected chi connectivity index (χ3v) is 6.52. The summed E-state index contributed by atoms with van der Waals surface area (Å²) in [6.45, 7) is 1.33. The van der Waals surface area contributed by atoms with Crippen molar-refractivity contribution in [2.45, 2.75) is 45.1 Å². The lowest BCUT2D eigenvalue weighted by molar-refractivity contribution is -0.121. The summed E-state index contributed by atoms with van der Waals surface area (Å²) in [7, 11) is 0. The van der Waals surface area contributed by atoms with Gasteiger partial charge >= 0.3 is 0 Å². The molecule has 1 aliphatic heterocycles. The first kappa shape index (κ1) is 22.0. The number of rotatable bonds is 8. The second kappa shape index (κ2) is 9.59. The minimum atomic E-state index is -0.283. The van der Waals surface area contributed by atoms with Crippen LogP contribution in [0.3, 0.4) is 0 Å². The Kier molecular flexibility index (Phi) is 6.20. The number of aromatic nitrogens is 3. The molecule has 3 heterocycles. The van der Waals surface area contributed by atoms with Crippen LogP contribution >= 0.6 is 0 Å². The zero-order valence-corrected chi connectivity index (χ0v) is 19.0. The standard InChI is InChI=1S/C26H27N5O3/c32-23(10-5-16-30-25(33)19-6-1-2-7-20(19)26(30)34)28-15-17-31-22-9-4-3-8-21(22)24(29-31)18-11-13-27-14-12-18/h1-2,6-7,11-14H,3-5,8-10,15-17H2,(H,28,32). The molecular formula is C26H27N5O3. The van der Waals surface area contributed by atoms with Crippen molar-refractivity contribution in [3.63, 3.8) is 0 Å². The van der Waals surface area contributed by atoms with Crippen LogP contribution < -0.4 is 5.32 Å². The molecule has 1 N–H and O–H groups in total. The Morgan fingerprint density at radius 3 is 2.38 bits per heavy atom. The van der Waals surface area contributed by atoms with Gasteiger partial charge in [0.2, 0.25) is 5.91 Å². The van der Waals surface area contributed by atoms with E-state index >= 15 is 0 Å². The van der Waals surface area contributed by atoms with Gasteiger partial charge in [0.1, 0.15) is 0 Å². The lowest BCUT2D eigenvalue weighted by Gasteiger charge is -2.15. The van der Waals surface area contributed by atoms with E-state index in [1.165, 1.54) is 22.6 Å². The van der Waals surface area contributed by atoms with Crippen LogP contribution in [0.25, 0.3) is 11.3 Å². The number of nitrogens with zero attached hydrogens (tertiary/aromatic N) is 4. The largest absolute Gasteiger partial charge is 0.354 e. The fraction of sp³-hybridized carbons (Fsp3) is 0.346. The Balaban J connectivity index is 1.13. The summed E-state index contributed by atoms with van der Waals surface area (Å²) in [5.41, 5.74) is 5.53. The number of carbonyl (C=O) groups excluding carboxylic acids is 3. The van der Waals surface area contributed by atoms with Crippen LogP contribution in [0, 0.1) is 0 Å². The molecule has 0 atom stereocenters. The third-order valence-electron chi connectivity index (χ3n) is 6.52. The van der Waals surface area contributed by atoms with Crippen molar-refractivity contribution in [2.75, 3.05) is 13.1 Å². The fourth-order valence-electron chi connectivity index (χ4n) is 4.83. The summed E-state index contributed by atoms with van der Waals surface area (Å²) in [5.74, 6) is -0.657. The van der Waals surface area contributed by atoms with Crippen LogP contribution in [-0.4, -0.2) is 50.5 Å². The topological polar surface area (TPSA) is 97.2 Å². The summed E-state index contributed by atoms with van der Waals surface area (Å²) < 4.78 is 2.03. The van der Waals surface area contributed by atoms with Crippen molar-refractivity contribution < 1.29 is 14.4 Å². The highest BCUT2D eigenvalue weighted by Crippen LogP contribution is 2.31. The number of benzene rings is 1. The van der Waals surface area contributed by atoms with E-state index in [1.807, 2.05) is 16.8 Å². The van der Waals surface area contributed by atoms with Gasteiger partial charge in [0.15, 0.2) is 0 Å². The molecule has 2 aromatic heterocycles. The van der Waals surface area contributed by atoms with E-state index in [2.05, 4.69) is 10.3 Å². The van der Waals surface area contributed by atoms with E-state index in [-0.39, 0.29) is 30.7 Å². The number of nitrogens with one attached hydrogen (secondary N) is 1. The number of imide groups is 1. The second-order valence-corrected chi connectivity index (χ2v) is 8.70. The lowest BCUT2D eigenvalue weighted by Crippen LogP contribution is -2.32. The van der Waals surface area contributed by atoms with Crippen molar-refractivity contribution in [3.8, 4) is 11.3 Å². The van der Waals surface area contributed by atoms with Gasteiger partial charge in [-0.3, -0.25) is 28.9 Å². The lowest BCUT2D eigenvalue weighted by atomic mass is 9.94. The van der Waals surface area contributed by atoms with Crippen LogP contribution in [-0.2, 0) is 24.2 Å². The van der Waals surface area contributed by atoms with Gasteiger partial charge in [-0.1, -0.05) is 12.1 Å². The van der Waals surface area contributed by atoms with E-state index in [9.17, 15) is 14.4 Å². The van der Waals surface area contributed by atoms with Gasteiger partial charge in [-0.15, -0.1) is 0 Å². The van der Waals surface area contributed by atoms with Crippen LogP contribution in [0.2, 0.25) is 0 Å². The summed E-state index contributed by atoms with van der Waals surface area (Å²) in [5, 5.41) is 7.82. The zero-order chi connectivity index (χ0) is 23.5. The molecule has 5 rings (SSSR count). The van der Waals surface area contributed by atoms with E-state index in [4.69, 9.17) is 5.10 Å². The average molecular weight is 458 g/mol. The number of amides is 3. The van der Waals surface area contributed by atoms with Crippen molar-refractivity contribution >= 4 is 17.7 Å². The predicted octanol–water partition coefficient (Wildman–Crippen LogP) is 3.02. The highest BCUT2D eigenvalue weighted by atomic mass is 16.2. The number of hydrogen-bond donors (Lipinski definition) is 1. The molecular weight excluding hydrogens is 430 g/mol. The maximum Gasteiger partial charge on any atom is 0.261 e. The predicted molar refractivity (Wildman–Crippen MR) is 126 cm³/mol. The molecule has 1 aliphatic carbocycles. The molecule has 1 aromatic carbocycles. The Morgan fingerprint density at radius 2 is 1.65 bits per heavy atom. The number of fused-ring (bicyclic) bond motifs is 2. The van der Waals surface area contributed by atoms with Gasteiger partial charge in [0.05, 0.1) is 23.4 Å². The Bertz CT molecular complexity index is 1200. The minimum Gasteiger partial charge on any atom is -0.354 e. The first-order valence-corrected chi connectivity index (χ1v) is 11.8. The molecule has 0 unspecified atom stereocenters. The van der Waals surface area contributed by atoms with Gasteiger partial charge < -0.3 is 5.32 Å². The van der Waals surface area contributed by atoms with Crippen LogP contribution in [0.5, 0.6) is 0 Å². The van der Waals surface area contributed by atoms with Crippen molar-refractivity contribution in [1.29, 1.82) is 0 Å². The van der Waals surface area contributed by atoms with Gasteiger partial charge in [-0.2, -0.15) is 5.10 Å². The minimum absolute atomic E-state index is 0.0907. The summed E-state index contributed by atoms with van der Waals surface area (Å²) in [4.78, 5) is 42.6. The van der Waals surface area contributed by atoms with Gasteiger partial charge in [0.25, 0.3) is 11.8 Å². The SMILES string of the molecule is O=C(CCCN1C(=O)c2ccccc2C1=O)NCCn1nc(-c2ccncc2)c2c1CCCC2. The molecule has 0 saturated heterocycles. The van der Waals surface area contributed by atoms with Crippen LogP contribution in [0.1, 0.15) is 57.7 Å². The molecule has 8 heteroatoms. The Labute approximate surface area is 198 Å². The highest BCUT2D eigenvalue weighted by molar-refractivity contribution is 6.21. The Morgan fingerprint density at radius 1 is 0.941 bits per heavy atom. The normalized spacial score (nSPS) is 14.8. The van der Waals surface area contributed by atoms with E-state index < -0.39 is 0 Å². The van der Waals surface area contributed by atoms with Gasteiger partial charge in [-0.25, -0.2) is 0 Å². The van der Waals surface area contributed by atoms with Gasteiger partial charge in [-0.05, 0) is 56.4 Å². The van der Waals surface area contributed by atoms with Crippen LogP contribution in [0.4, 0.5) is 0 Å². The molecule has 3 amide bonds. The summed E-state index contributed by atoms with van der Waals surface area (Å²) in [6, 6.07) is 10.8. The maximum absolute atomic E-state index is 12.4. The second-order valence-electron chi connectivity index (χ2n) is 8.70. The average Bonchev–Trinajstić information content (AvgIpc) is 3.36.